The number of halogens is 1. The first kappa shape index (κ1) is 22.7. The summed E-state index contributed by atoms with van der Waals surface area (Å²) >= 11 is 0. The van der Waals surface area contributed by atoms with E-state index in [2.05, 4.69) is 5.10 Å². The van der Waals surface area contributed by atoms with Gasteiger partial charge >= 0.3 is 5.97 Å². The second kappa shape index (κ2) is 9.56. The molecule has 0 amide bonds. The SMILES string of the molecule is Cc1cc(-c2cc(C#N)ccc2F)ccc1Cc1ccc(N2N=C(C#N)CC2CC(=O)O)cc1. The molecule has 0 saturated carbocycles. The molecule has 0 aliphatic carbocycles. The Kier molecular flexibility index (Phi) is 6.38. The van der Waals surface area contributed by atoms with Gasteiger partial charge in [0.15, 0.2) is 0 Å². The highest BCUT2D eigenvalue weighted by Crippen LogP contribution is 2.29. The Labute approximate surface area is 196 Å². The molecule has 0 fully saturated rings. The molecule has 34 heavy (non-hydrogen) atoms. The standard InChI is InChI=1S/C27H21FN4O2/c1-17-10-21(25-12-19(15-29)4-9-26(25)28)6-5-20(17)11-18-2-7-23(8-3-18)32-24(14-27(33)34)13-22(16-30)31-32/h2-10,12,24H,11,13-14H2,1H3,(H,33,34). The van der Waals surface area contributed by atoms with E-state index in [1.807, 2.05) is 61.5 Å². The molecule has 1 aliphatic rings. The number of nitriles is 2. The second-order valence-electron chi connectivity index (χ2n) is 8.25. The summed E-state index contributed by atoms with van der Waals surface area (Å²) in [5, 5.41) is 33.3. The molecule has 0 saturated heterocycles. The molecular formula is C27H21FN4O2. The van der Waals surface area contributed by atoms with Crippen LogP contribution in [0.5, 0.6) is 0 Å². The third-order valence-electron chi connectivity index (χ3n) is 5.89. The van der Waals surface area contributed by atoms with Crippen LogP contribution in [0.1, 0.15) is 35.1 Å². The van der Waals surface area contributed by atoms with E-state index in [1.54, 1.807) is 11.1 Å². The highest BCUT2D eigenvalue weighted by atomic mass is 19.1. The monoisotopic (exact) mass is 452 g/mol. The molecule has 3 aromatic rings. The van der Waals surface area contributed by atoms with Gasteiger partial charge in [-0.05, 0) is 65.9 Å². The van der Waals surface area contributed by atoms with E-state index in [1.165, 1.54) is 12.1 Å². The van der Waals surface area contributed by atoms with E-state index in [0.29, 0.717) is 29.7 Å². The Hall–Kier alpha value is -4.49. The molecule has 0 bridgehead atoms. The zero-order valence-corrected chi connectivity index (χ0v) is 18.5. The summed E-state index contributed by atoms with van der Waals surface area (Å²) in [5.41, 5.74) is 5.73. The molecule has 1 unspecified atom stereocenters. The summed E-state index contributed by atoms with van der Waals surface area (Å²) in [6.45, 7) is 1.97. The van der Waals surface area contributed by atoms with Gasteiger partial charge in [0.2, 0.25) is 0 Å². The number of nitrogens with zero attached hydrogens (tertiary/aromatic N) is 4. The van der Waals surface area contributed by atoms with Crippen molar-refractivity contribution in [2.45, 2.75) is 32.2 Å². The number of hydrogen-bond acceptors (Lipinski definition) is 5. The second-order valence-corrected chi connectivity index (χ2v) is 8.25. The summed E-state index contributed by atoms with van der Waals surface area (Å²) in [7, 11) is 0. The van der Waals surface area contributed by atoms with Gasteiger partial charge in [0.05, 0.1) is 29.8 Å². The highest BCUT2D eigenvalue weighted by molar-refractivity contribution is 6.01. The van der Waals surface area contributed by atoms with E-state index < -0.39 is 5.97 Å². The van der Waals surface area contributed by atoms with E-state index in [-0.39, 0.29) is 18.3 Å². The van der Waals surface area contributed by atoms with Crippen molar-refractivity contribution in [3.63, 3.8) is 0 Å². The van der Waals surface area contributed by atoms with Crippen LogP contribution in [0.3, 0.4) is 0 Å². The molecular weight excluding hydrogens is 431 g/mol. The third-order valence-corrected chi connectivity index (χ3v) is 5.89. The lowest BCUT2D eigenvalue weighted by molar-refractivity contribution is -0.137. The Bertz CT molecular complexity index is 1370. The van der Waals surface area contributed by atoms with Crippen LogP contribution in [0.15, 0.2) is 65.8 Å². The van der Waals surface area contributed by atoms with Crippen LogP contribution in [0, 0.1) is 35.4 Å². The first-order valence-electron chi connectivity index (χ1n) is 10.7. The Morgan fingerprint density at radius 2 is 1.88 bits per heavy atom. The fourth-order valence-corrected chi connectivity index (χ4v) is 4.12. The molecule has 6 nitrogen and oxygen atoms in total. The minimum Gasteiger partial charge on any atom is -0.481 e. The molecule has 0 spiro atoms. The number of aliphatic carboxylic acids is 1. The van der Waals surface area contributed by atoms with Gasteiger partial charge in [-0.15, -0.1) is 0 Å². The van der Waals surface area contributed by atoms with Gasteiger partial charge in [-0.25, -0.2) is 4.39 Å². The van der Waals surface area contributed by atoms with Gasteiger partial charge < -0.3 is 5.11 Å². The first-order valence-corrected chi connectivity index (χ1v) is 10.7. The Balaban J connectivity index is 1.53. The fraction of sp³-hybridized carbons (Fsp3) is 0.185. The van der Waals surface area contributed by atoms with Crippen LogP contribution < -0.4 is 5.01 Å². The van der Waals surface area contributed by atoms with Gasteiger partial charge in [-0.1, -0.05) is 30.3 Å². The van der Waals surface area contributed by atoms with Gasteiger partial charge in [0, 0.05) is 12.0 Å². The third kappa shape index (κ3) is 4.79. The molecule has 1 heterocycles. The van der Waals surface area contributed by atoms with Crippen molar-refractivity contribution < 1.29 is 14.3 Å². The topological polar surface area (TPSA) is 100 Å². The number of carboxylic acids is 1. The first-order chi connectivity index (χ1) is 16.4. The van der Waals surface area contributed by atoms with Crippen LogP contribution in [0.4, 0.5) is 10.1 Å². The lowest BCUT2D eigenvalue weighted by atomic mass is 9.95. The van der Waals surface area contributed by atoms with Gasteiger partial charge in [-0.3, -0.25) is 9.80 Å². The van der Waals surface area contributed by atoms with Crippen LogP contribution in [-0.4, -0.2) is 22.8 Å². The molecule has 0 radical (unpaired) electrons. The maximum Gasteiger partial charge on any atom is 0.305 e. The summed E-state index contributed by atoms with van der Waals surface area (Å²) in [4.78, 5) is 11.2. The van der Waals surface area contributed by atoms with Crippen molar-refractivity contribution >= 4 is 17.4 Å². The van der Waals surface area contributed by atoms with E-state index in [4.69, 9.17) is 15.6 Å². The Morgan fingerprint density at radius 1 is 1.12 bits per heavy atom. The number of rotatable bonds is 6. The van der Waals surface area contributed by atoms with Crippen LogP contribution >= 0.6 is 0 Å². The van der Waals surface area contributed by atoms with Crippen molar-refractivity contribution in [3.05, 3.63) is 88.7 Å². The zero-order chi connectivity index (χ0) is 24.2. The molecule has 168 valence electrons. The van der Waals surface area contributed by atoms with Crippen LogP contribution in [-0.2, 0) is 11.2 Å². The number of anilines is 1. The average molecular weight is 452 g/mol. The summed E-state index contributed by atoms with van der Waals surface area (Å²) in [6, 6.07) is 21.4. The molecule has 1 aliphatic heterocycles. The van der Waals surface area contributed by atoms with Gasteiger partial charge in [0.1, 0.15) is 17.6 Å². The normalized spacial score (nSPS) is 14.9. The highest BCUT2D eigenvalue weighted by Gasteiger charge is 2.29. The quantitative estimate of drug-likeness (QED) is 0.554. The minimum absolute atomic E-state index is 0.0974. The maximum absolute atomic E-state index is 14.3. The molecule has 0 aromatic heterocycles. The van der Waals surface area contributed by atoms with Crippen LogP contribution in [0.2, 0.25) is 0 Å². The maximum atomic E-state index is 14.3. The summed E-state index contributed by atoms with van der Waals surface area (Å²) < 4.78 is 14.3. The smallest absolute Gasteiger partial charge is 0.305 e. The van der Waals surface area contributed by atoms with E-state index in [9.17, 15) is 9.18 Å². The minimum atomic E-state index is -0.931. The van der Waals surface area contributed by atoms with Crippen molar-refractivity contribution in [2.24, 2.45) is 5.10 Å². The number of benzene rings is 3. The van der Waals surface area contributed by atoms with Gasteiger partial charge in [-0.2, -0.15) is 15.6 Å². The lowest BCUT2D eigenvalue weighted by Gasteiger charge is -2.22. The largest absolute Gasteiger partial charge is 0.481 e. The summed E-state index contributed by atoms with van der Waals surface area (Å²) in [6.07, 6.45) is 0.881. The number of carboxylic acid groups (broad SMARTS) is 1. The lowest BCUT2D eigenvalue weighted by Crippen LogP contribution is -2.28. The number of carbonyl (C=O) groups is 1. The molecule has 4 rings (SSSR count). The molecule has 3 aromatic carbocycles. The zero-order valence-electron chi connectivity index (χ0n) is 18.5. The molecule has 1 N–H and O–H groups in total. The predicted molar refractivity (Wildman–Crippen MR) is 127 cm³/mol. The number of hydrogen-bond donors (Lipinski definition) is 1. The van der Waals surface area contributed by atoms with Crippen LogP contribution in [0.25, 0.3) is 11.1 Å². The molecule has 7 heteroatoms. The Morgan fingerprint density at radius 3 is 2.53 bits per heavy atom. The molecule has 1 atom stereocenters. The predicted octanol–water partition coefficient (Wildman–Crippen LogP) is 5.20. The fourth-order valence-electron chi connectivity index (χ4n) is 4.12. The van der Waals surface area contributed by atoms with Crippen molar-refractivity contribution in [2.75, 3.05) is 5.01 Å². The van der Waals surface area contributed by atoms with Gasteiger partial charge in [0.25, 0.3) is 0 Å². The number of aryl methyl sites for hydroxylation is 1. The number of hydrazone groups is 1. The van der Waals surface area contributed by atoms with Crippen molar-refractivity contribution in [3.8, 4) is 23.3 Å². The van der Waals surface area contributed by atoms with E-state index in [0.717, 1.165) is 27.9 Å². The summed E-state index contributed by atoms with van der Waals surface area (Å²) in [5.74, 6) is -1.30. The van der Waals surface area contributed by atoms with E-state index >= 15 is 0 Å². The average Bonchev–Trinajstić information content (AvgIpc) is 3.23. The van der Waals surface area contributed by atoms with Crippen molar-refractivity contribution in [1.29, 1.82) is 10.5 Å². The van der Waals surface area contributed by atoms with Crippen molar-refractivity contribution in [1.82, 2.24) is 0 Å².